The van der Waals surface area contributed by atoms with Crippen molar-refractivity contribution in [1.29, 1.82) is 0 Å². The number of nitrogens with one attached hydrogen (secondary N) is 4. The van der Waals surface area contributed by atoms with Gasteiger partial charge in [-0.2, -0.15) is 84.7 Å². The van der Waals surface area contributed by atoms with Crippen LogP contribution in [0.1, 0.15) is 163 Å². The number of rotatable bonds is 14. The summed E-state index contributed by atoms with van der Waals surface area (Å²) in [4.78, 5) is 49.3. The maximum absolute atomic E-state index is 11.5. The number of fused-ring (bicyclic) bond motifs is 6. The van der Waals surface area contributed by atoms with Crippen LogP contribution in [0.3, 0.4) is 0 Å². The monoisotopic (exact) mass is 2320 g/mol. The number of primary amides is 1. The Balaban J connectivity index is 0.000000108. The van der Waals surface area contributed by atoms with Gasteiger partial charge in [-0.1, -0.05) is 24.6 Å². The fourth-order valence-electron chi connectivity index (χ4n) is 18.6. The maximum atomic E-state index is 11.5. The van der Waals surface area contributed by atoms with Gasteiger partial charge in [0, 0.05) is 193 Å². The molecule has 47 heteroatoms. The van der Waals surface area contributed by atoms with E-state index in [-0.39, 0.29) is 6.10 Å². The fourth-order valence-corrected chi connectivity index (χ4v) is 23.4. The normalized spacial score (nSPS) is 18.2. The zero-order valence-electron chi connectivity index (χ0n) is 78.1. The first kappa shape index (κ1) is 98.7. The van der Waals surface area contributed by atoms with Gasteiger partial charge in [0.1, 0.15) is 41.0 Å². The van der Waals surface area contributed by atoms with Crippen LogP contribution < -0.4 is 66.1 Å². The molecule has 0 bridgehead atoms. The molecule has 18 aromatic rings. The Morgan fingerprint density at radius 3 is 1.11 bits per heavy atom. The van der Waals surface area contributed by atoms with Crippen LogP contribution in [-0.2, 0) is 25.9 Å². The van der Waals surface area contributed by atoms with E-state index in [0.29, 0.717) is 80.9 Å². The van der Waals surface area contributed by atoms with Crippen molar-refractivity contribution in [2.24, 2.45) is 26.9 Å². The molecule has 23 heterocycles. The lowest BCUT2D eigenvalue weighted by Gasteiger charge is -2.23. The first-order valence-corrected chi connectivity index (χ1v) is 52.6. The molecular formula is C95H105Br6N37O3S. The van der Waals surface area contributed by atoms with Gasteiger partial charge in [0.05, 0.1) is 124 Å². The number of carbonyl (C=O) groups excluding carboxylic acids is 1. The summed E-state index contributed by atoms with van der Waals surface area (Å²) in [7, 11) is 7.28. The van der Waals surface area contributed by atoms with E-state index in [0.717, 1.165) is 286 Å². The number of hydrogen-bond donors (Lipinski definition) is 11. The third-order valence-corrected chi connectivity index (χ3v) is 32.4. The summed E-state index contributed by atoms with van der Waals surface area (Å²) in [6.07, 6.45) is 41.9. The molecule has 0 spiro atoms. The Kier molecular flexibility index (Phi) is 30.4. The predicted octanol–water partition coefficient (Wildman–Crippen LogP) is 15.2. The average Bonchev–Trinajstić information content (AvgIpc) is 1.61. The zero-order valence-corrected chi connectivity index (χ0v) is 88.4. The smallest absolute Gasteiger partial charge is 0.248 e. The number of nitrogens with two attached hydrogens (primary N) is 7. The number of piperidine rings is 3. The van der Waals surface area contributed by atoms with Crippen LogP contribution in [0, 0.1) is 0 Å². The molecule has 6 aliphatic heterocycles. The van der Waals surface area contributed by atoms with Crippen LogP contribution in [0.4, 0.5) is 34.9 Å². The summed E-state index contributed by atoms with van der Waals surface area (Å²) in [5.74, 6) is 6.06. The van der Waals surface area contributed by atoms with Gasteiger partial charge in [-0.05, 0) is 234 Å². The summed E-state index contributed by atoms with van der Waals surface area (Å²) in [6, 6.07) is 14.8. The molecular weight excluding hydrogens is 2220 g/mol. The van der Waals surface area contributed by atoms with Crippen molar-refractivity contribution in [1.82, 2.24) is 148 Å². The molecule has 142 heavy (non-hydrogen) atoms. The number of carbonyl (C=O) groups is 1. The number of halogens is 6. The highest BCUT2D eigenvalue weighted by Crippen LogP contribution is 2.46. The van der Waals surface area contributed by atoms with Crippen molar-refractivity contribution in [3.8, 4) is 72.6 Å². The number of thioether (sulfide) groups is 1. The van der Waals surface area contributed by atoms with E-state index in [9.17, 15) is 4.79 Å². The average molecular weight is 2320 g/mol. The third-order valence-electron chi connectivity index (χ3n) is 26.1. The van der Waals surface area contributed by atoms with Gasteiger partial charge in [-0.25, -0.2) is 34.9 Å². The second-order valence-corrected chi connectivity index (χ2v) is 41.5. The third kappa shape index (κ3) is 20.4. The number of nitrogens with zero attached hydrogens (tertiary/aromatic N) is 26. The molecule has 40 nitrogen and oxygen atoms in total. The Bertz CT molecular complexity index is 7460. The molecule has 3 unspecified atom stereocenters. The molecule has 17 aromatic heterocycles. The van der Waals surface area contributed by atoms with Crippen LogP contribution in [-0.4, -0.2) is 205 Å². The van der Waals surface area contributed by atoms with E-state index in [1.807, 2.05) is 100 Å². The molecule has 24 rings (SSSR count). The Labute approximate surface area is 869 Å². The summed E-state index contributed by atoms with van der Waals surface area (Å²) in [5, 5.41) is 53.1. The van der Waals surface area contributed by atoms with Gasteiger partial charge in [-0.15, -0.1) is 0 Å². The first-order valence-electron chi connectivity index (χ1n) is 46.7. The minimum Gasteiger partial charge on any atom is -0.481 e. The van der Waals surface area contributed by atoms with Gasteiger partial charge < -0.3 is 70.9 Å². The molecule has 1 amide bonds. The van der Waals surface area contributed by atoms with Crippen LogP contribution in [0.5, 0.6) is 5.88 Å². The fraction of sp³-hybridized carbons (Fsp3) is 0.347. The number of amides is 1. The first-order chi connectivity index (χ1) is 68.9. The predicted molar refractivity (Wildman–Crippen MR) is 571 cm³/mol. The lowest BCUT2D eigenvalue weighted by atomic mass is 9.95. The Morgan fingerprint density at radius 2 is 0.761 bits per heavy atom. The second-order valence-electron chi connectivity index (χ2n) is 35.5. The topological polar surface area (TPSA) is 526 Å². The van der Waals surface area contributed by atoms with Crippen LogP contribution >= 0.6 is 107 Å². The number of pyridine rings is 2. The van der Waals surface area contributed by atoms with Crippen molar-refractivity contribution in [3.63, 3.8) is 0 Å². The van der Waals surface area contributed by atoms with Crippen molar-refractivity contribution in [2.45, 2.75) is 118 Å². The zero-order chi connectivity index (χ0) is 98.7. The summed E-state index contributed by atoms with van der Waals surface area (Å²) >= 11 is 23.6. The number of methoxy groups -OCH3 is 1. The number of benzene rings is 1. The standard InChI is InChI=1S/C18H19BrN6O.C17H19BrN6O.C16H17BrN6.C15H17BrN6O.C15H17BrN6S.C14H16BrN7/c19-14-15(12-5-2-6-22-8-12)24-18-13(9-23-25(18)16(14)20)10-3-1-4-11(7-10)17(21)26;1-25-13-5-4-10(8-21-13)12-9-22-24-16(19)14(18)15(23-17(12)24)11-3-2-6-20-7-11;17-13-14(11-4-2-6-20-8-11)22-16-12(9-21-23(16)15(13)18)10-3-1-5-19-7-10;2*1-21-8-9(6-18-21)10-7-19-22-14(17)12(16)13(20-15(10)22)11-4-2-3-5-23-11;1-21-7-9(5-18-21)10-6-19-22-13(16)11(15)12(20-14(10)22)8-2-3-17-4-8/h1,3-4,7,9,12,22H,2,5-6,8,20H2,(H2,21,26);4-5,8-9,11,20H,2-3,6-7,19H2,1H3;1,3,5,7,9,11,20H,2,4,6,8,18H2;2*6-8,11H,2-5,17H2,1H3;5-8,17H,2-4,16H2,1H3/t;;;2*11-;8-/m...111/s1. The minimum absolute atomic E-state index is 0.0259. The lowest BCUT2D eigenvalue weighted by Crippen LogP contribution is -2.29. The summed E-state index contributed by atoms with van der Waals surface area (Å²) < 4.78 is 31.3. The number of ether oxygens (including phenoxy) is 2. The summed E-state index contributed by atoms with van der Waals surface area (Å²) in [6.45, 7) is 8.58. The molecule has 6 fully saturated rings. The van der Waals surface area contributed by atoms with E-state index in [4.69, 9.17) is 79.5 Å². The number of anilines is 6. The number of aryl methyl sites for hydroxylation is 3. The molecule has 1 aromatic carbocycles. The van der Waals surface area contributed by atoms with Crippen LogP contribution in [0.25, 0.3) is 101 Å². The molecule has 6 aliphatic rings. The SMILES string of the molecule is COc1ccc(-c2cnn3c(N)c(Br)c(C4CCCNC4)nc23)cn1.Cn1cc(-c2cnn3c(N)c(Br)c([C@@H]4CCNC4)nc23)cn1.Cn1cc(-c2cnn3c(N)c(Br)c([C@H]4CCCCO4)nc23)cn1.Cn1cc(-c2cnn3c(N)c(Br)c([C@H]4CCCCS4)nc23)cn1.NC(=O)c1cccc(-c2cnn3c(N)c(Br)c(C4CCCNC4)nc23)c1.Nc1c(Br)c(C2CCCNC2)nc2c(-c3cccnc3)cnn12. The maximum Gasteiger partial charge on any atom is 0.248 e. The molecule has 736 valence electrons. The highest BCUT2D eigenvalue weighted by Gasteiger charge is 2.33. The van der Waals surface area contributed by atoms with Gasteiger partial charge in [0.15, 0.2) is 33.9 Å². The molecule has 18 N–H and O–H groups in total. The highest BCUT2D eigenvalue weighted by atomic mass is 79.9. The van der Waals surface area contributed by atoms with Gasteiger partial charge >= 0.3 is 0 Å². The quantitative estimate of drug-likeness (QED) is 0.0482. The highest BCUT2D eigenvalue weighted by molar-refractivity contribution is 9.11. The lowest BCUT2D eigenvalue weighted by molar-refractivity contribution is 0.0120. The molecule has 6 saturated heterocycles. The van der Waals surface area contributed by atoms with Crippen molar-refractivity contribution in [2.75, 3.05) is 106 Å². The second kappa shape index (κ2) is 43.6. The van der Waals surface area contributed by atoms with E-state index in [1.54, 1.807) is 122 Å². The Morgan fingerprint density at radius 1 is 0.387 bits per heavy atom. The van der Waals surface area contributed by atoms with Gasteiger partial charge in [0.25, 0.3) is 0 Å². The van der Waals surface area contributed by atoms with E-state index < -0.39 is 5.91 Å². The van der Waals surface area contributed by atoms with Crippen molar-refractivity contribution < 1.29 is 14.3 Å². The molecule has 0 radical (unpaired) electrons. The number of aromatic nitrogens is 26. The molecule has 0 saturated carbocycles. The summed E-state index contributed by atoms with van der Waals surface area (Å²) in [5.41, 5.74) is 65.1. The van der Waals surface area contributed by atoms with E-state index in [1.165, 1.54) is 18.6 Å². The van der Waals surface area contributed by atoms with Crippen molar-refractivity contribution >= 4 is 182 Å². The van der Waals surface area contributed by atoms with E-state index in [2.05, 4.69) is 173 Å². The van der Waals surface area contributed by atoms with Crippen LogP contribution in [0.15, 0.2) is 168 Å². The van der Waals surface area contributed by atoms with Crippen molar-refractivity contribution in [3.05, 3.63) is 208 Å². The molecule has 0 aliphatic carbocycles. The van der Waals surface area contributed by atoms with Crippen LogP contribution in [0.2, 0.25) is 0 Å². The molecule has 6 atom stereocenters. The van der Waals surface area contributed by atoms with E-state index >= 15 is 0 Å². The largest absolute Gasteiger partial charge is 0.481 e. The van der Waals surface area contributed by atoms with Gasteiger partial charge in [0.2, 0.25) is 11.8 Å². The van der Waals surface area contributed by atoms with Gasteiger partial charge in [-0.3, -0.25) is 23.8 Å². The minimum atomic E-state index is -0.465. The number of nitrogen functional groups attached to an aromatic ring is 6. The Hall–Kier alpha value is -12.0. The number of hydrogen-bond acceptors (Lipinski definition) is 31.